The highest BCUT2D eigenvalue weighted by molar-refractivity contribution is 5.80. The van der Waals surface area contributed by atoms with Crippen molar-refractivity contribution in [2.75, 3.05) is 6.54 Å². The second kappa shape index (κ2) is 4.40. The fourth-order valence-electron chi connectivity index (χ4n) is 1.48. The topological polar surface area (TPSA) is 63.3 Å². The second-order valence-corrected chi connectivity index (χ2v) is 3.68. The number of aliphatic carboxylic acids is 1. The molecule has 0 amide bonds. The third kappa shape index (κ3) is 2.33. The van der Waals surface area contributed by atoms with Gasteiger partial charge in [0.2, 0.25) is 0 Å². The van der Waals surface area contributed by atoms with Gasteiger partial charge in [-0.15, -0.1) is 0 Å². The van der Waals surface area contributed by atoms with E-state index >= 15 is 0 Å². The first-order chi connectivity index (χ1) is 7.00. The van der Waals surface area contributed by atoms with Crippen LogP contribution in [0.2, 0.25) is 0 Å². The van der Waals surface area contributed by atoms with Crippen LogP contribution in [-0.4, -0.2) is 17.6 Å². The Morgan fingerprint density at radius 3 is 2.40 bits per heavy atom. The van der Waals surface area contributed by atoms with Crippen LogP contribution in [0.1, 0.15) is 18.9 Å². The summed E-state index contributed by atoms with van der Waals surface area (Å²) in [5.74, 6) is -1.32. The van der Waals surface area contributed by atoms with Crippen LogP contribution in [-0.2, 0) is 10.2 Å². The standard InChI is InChI=1S/C11H14FNO2/c1-11(6-7-13,10(14)15)8-2-4-9(12)5-3-8/h2-5H,6-7,13H2,1H3,(H,14,15). The molecule has 0 saturated heterocycles. The van der Waals surface area contributed by atoms with E-state index < -0.39 is 11.4 Å². The van der Waals surface area contributed by atoms with Crippen LogP contribution >= 0.6 is 0 Å². The molecule has 0 heterocycles. The maximum absolute atomic E-state index is 12.7. The lowest BCUT2D eigenvalue weighted by Crippen LogP contribution is -2.34. The average Bonchev–Trinajstić information content (AvgIpc) is 2.18. The average molecular weight is 211 g/mol. The van der Waals surface area contributed by atoms with Crippen molar-refractivity contribution in [1.29, 1.82) is 0 Å². The Hall–Kier alpha value is -1.42. The predicted octanol–water partition coefficient (Wildman–Crippen LogP) is 1.52. The number of hydrogen-bond acceptors (Lipinski definition) is 2. The molecule has 0 bridgehead atoms. The first-order valence-electron chi connectivity index (χ1n) is 4.70. The Bertz CT molecular complexity index is 350. The van der Waals surface area contributed by atoms with Gasteiger partial charge >= 0.3 is 5.97 Å². The van der Waals surface area contributed by atoms with Gasteiger partial charge in [-0.1, -0.05) is 12.1 Å². The monoisotopic (exact) mass is 211 g/mol. The molecule has 0 fully saturated rings. The van der Waals surface area contributed by atoms with Crippen molar-refractivity contribution in [3.8, 4) is 0 Å². The number of hydrogen-bond donors (Lipinski definition) is 2. The van der Waals surface area contributed by atoms with Crippen LogP contribution in [0.3, 0.4) is 0 Å². The van der Waals surface area contributed by atoms with Crippen LogP contribution < -0.4 is 5.73 Å². The molecule has 1 rings (SSSR count). The summed E-state index contributed by atoms with van der Waals surface area (Å²) in [4.78, 5) is 11.1. The Morgan fingerprint density at radius 1 is 1.47 bits per heavy atom. The maximum Gasteiger partial charge on any atom is 0.313 e. The highest BCUT2D eigenvalue weighted by atomic mass is 19.1. The molecular weight excluding hydrogens is 197 g/mol. The molecule has 4 heteroatoms. The molecule has 82 valence electrons. The van der Waals surface area contributed by atoms with Gasteiger partial charge in [-0.3, -0.25) is 4.79 Å². The third-order valence-corrected chi connectivity index (χ3v) is 2.60. The van der Waals surface area contributed by atoms with Gasteiger partial charge in [0.1, 0.15) is 5.82 Å². The van der Waals surface area contributed by atoms with E-state index in [-0.39, 0.29) is 12.4 Å². The van der Waals surface area contributed by atoms with Gasteiger partial charge in [-0.2, -0.15) is 0 Å². The number of benzene rings is 1. The summed E-state index contributed by atoms with van der Waals surface area (Å²) >= 11 is 0. The lowest BCUT2D eigenvalue weighted by atomic mass is 9.79. The number of rotatable bonds is 4. The molecule has 0 spiro atoms. The quantitative estimate of drug-likeness (QED) is 0.793. The van der Waals surface area contributed by atoms with E-state index in [4.69, 9.17) is 10.8 Å². The Morgan fingerprint density at radius 2 is 2.00 bits per heavy atom. The molecule has 0 aliphatic heterocycles. The van der Waals surface area contributed by atoms with Gasteiger partial charge in [0.25, 0.3) is 0 Å². The molecule has 3 N–H and O–H groups in total. The fourth-order valence-corrected chi connectivity index (χ4v) is 1.48. The highest BCUT2D eigenvalue weighted by Crippen LogP contribution is 2.27. The Kier molecular flexibility index (Phi) is 3.42. The number of halogens is 1. The number of carboxylic acid groups (broad SMARTS) is 1. The minimum Gasteiger partial charge on any atom is -0.481 e. The Labute approximate surface area is 87.7 Å². The van der Waals surface area contributed by atoms with E-state index in [1.165, 1.54) is 24.3 Å². The molecule has 0 aliphatic carbocycles. The SMILES string of the molecule is CC(CCN)(C(=O)O)c1ccc(F)cc1. The summed E-state index contributed by atoms with van der Waals surface area (Å²) in [5, 5.41) is 9.14. The highest BCUT2D eigenvalue weighted by Gasteiger charge is 2.34. The van der Waals surface area contributed by atoms with Gasteiger partial charge < -0.3 is 10.8 Å². The van der Waals surface area contributed by atoms with E-state index in [0.29, 0.717) is 12.0 Å². The number of carboxylic acids is 1. The van der Waals surface area contributed by atoms with Crippen molar-refractivity contribution in [3.05, 3.63) is 35.6 Å². The molecule has 0 aromatic heterocycles. The molecule has 3 nitrogen and oxygen atoms in total. The number of nitrogens with two attached hydrogens (primary N) is 1. The smallest absolute Gasteiger partial charge is 0.313 e. The van der Waals surface area contributed by atoms with Gasteiger partial charge in [0.15, 0.2) is 0 Å². The molecule has 1 atom stereocenters. The summed E-state index contributed by atoms with van der Waals surface area (Å²) in [5.41, 5.74) is 4.91. The largest absolute Gasteiger partial charge is 0.481 e. The van der Waals surface area contributed by atoms with Crippen LogP contribution in [0, 0.1) is 5.82 Å². The zero-order chi connectivity index (χ0) is 11.5. The minimum atomic E-state index is -1.04. The molecular formula is C11H14FNO2. The lowest BCUT2D eigenvalue weighted by Gasteiger charge is -2.24. The molecule has 1 aromatic rings. The Balaban J connectivity index is 3.09. The van der Waals surface area contributed by atoms with Gasteiger partial charge in [0, 0.05) is 0 Å². The van der Waals surface area contributed by atoms with Crippen molar-refractivity contribution in [2.45, 2.75) is 18.8 Å². The van der Waals surface area contributed by atoms with Crippen LogP contribution in [0.25, 0.3) is 0 Å². The lowest BCUT2D eigenvalue weighted by molar-refractivity contribution is -0.143. The summed E-state index contributed by atoms with van der Waals surface area (Å²) in [6.45, 7) is 1.87. The van der Waals surface area contributed by atoms with Crippen LogP contribution in [0.5, 0.6) is 0 Å². The normalized spacial score (nSPS) is 14.6. The van der Waals surface area contributed by atoms with Crippen molar-refractivity contribution in [1.82, 2.24) is 0 Å². The van der Waals surface area contributed by atoms with Crippen LogP contribution in [0.4, 0.5) is 4.39 Å². The van der Waals surface area contributed by atoms with Crippen molar-refractivity contribution < 1.29 is 14.3 Å². The number of carbonyl (C=O) groups is 1. The van der Waals surface area contributed by atoms with Crippen LogP contribution in [0.15, 0.2) is 24.3 Å². The van der Waals surface area contributed by atoms with E-state index in [1.54, 1.807) is 6.92 Å². The maximum atomic E-state index is 12.7. The van der Waals surface area contributed by atoms with E-state index in [1.807, 2.05) is 0 Å². The molecule has 0 aliphatic rings. The van der Waals surface area contributed by atoms with Gasteiger partial charge in [0.05, 0.1) is 5.41 Å². The van der Waals surface area contributed by atoms with Gasteiger partial charge in [-0.05, 0) is 37.6 Å². The van der Waals surface area contributed by atoms with Gasteiger partial charge in [-0.25, -0.2) is 4.39 Å². The first-order valence-corrected chi connectivity index (χ1v) is 4.70. The predicted molar refractivity (Wildman–Crippen MR) is 55.1 cm³/mol. The molecule has 0 saturated carbocycles. The zero-order valence-electron chi connectivity index (χ0n) is 8.53. The summed E-state index contributed by atoms with van der Waals surface area (Å²) < 4.78 is 12.7. The summed E-state index contributed by atoms with van der Waals surface area (Å²) in [6.07, 6.45) is 0.327. The summed E-state index contributed by atoms with van der Waals surface area (Å²) in [6, 6.07) is 5.48. The minimum absolute atomic E-state index is 0.278. The van der Waals surface area contributed by atoms with E-state index in [0.717, 1.165) is 0 Å². The first kappa shape index (κ1) is 11.7. The molecule has 1 aromatic carbocycles. The fraction of sp³-hybridized carbons (Fsp3) is 0.364. The zero-order valence-corrected chi connectivity index (χ0v) is 8.53. The van der Waals surface area contributed by atoms with E-state index in [9.17, 15) is 9.18 Å². The third-order valence-electron chi connectivity index (χ3n) is 2.60. The van der Waals surface area contributed by atoms with Crippen molar-refractivity contribution in [2.24, 2.45) is 5.73 Å². The molecule has 15 heavy (non-hydrogen) atoms. The molecule has 1 unspecified atom stereocenters. The van der Waals surface area contributed by atoms with E-state index in [2.05, 4.69) is 0 Å². The van der Waals surface area contributed by atoms with Crippen molar-refractivity contribution in [3.63, 3.8) is 0 Å². The molecule has 0 radical (unpaired) electrons. The van der Waals surface area contributed by atoms with Crippen molar-refractivity contribution >= 4 is 5.97 Å². The summed E-state index contributed by atoms with van der Waals surface area (Å²) in [7, 11) is 0. The second-order valence-electron chi connectivity index (χ2n) is 3.68.